The zero-order valence-electron chi connectivity index (χ0n) is 11.2. The largest absolute Gasteiger partial charge is 0.332 e. The summed E-state index contributed by atoms with van der Waals surface area (Å²) < 4.78 is 2.28. The molecule has 1 atom stereocenters. The second-order valence-electron chi connectivity index (χ2n) is 4.92. The smallest absolute Gasteiger partial charge is 0.0953 e. The first-order valence-electron chi connectivity index (χ1n) is 6.25. The monoisotopic (exact) mass is 223 g/mol. The van der Waals surface area contributed by atoms with Crippen LogP contribution in [0.1, 0.15) is 51.0 Å². The van der Waals surface area contributed by atoms with Crippen molar-refractivity contribution in [2.45, 2.75) is 59.5 Å². The summed E-state index contributed by atoms with van der Waals surface area (Å²) in [6.07, 6.45) is 4.39. The van der Waals surface area contributed by atoms with Gasteiger partial charge < -0.3 is 9.88 Å². The molecule has 1 aromatic heterocycles. The Kier molecular flexibility index (Phi) is 5.00. The highest BCUT2D eigenvalue weighted by atomic mass is 15.1. The molecule has 0 radical (unpaired) electrons. The molecule has 1 heterocycles. The van der Waals surface area contributed by atoms with Crippen LogP contribution in [0.25, 0.3) is 0 Å². The third kappa shape index (κ3) is 3.63. The Labute approximate surface area is 99.3 Å². The van der Waals surface area contributed by atoms with Crippen molar-refractivity contribution >= 4 is 0 Å². The topological polar surface area (TPSA) is 29.9 Å². The molecule has 0 spiro atoms. The van der Waals surface area contributed by atoms with Gasteiger partial charge in [0.05, 0.1) is 12.0 Å². The van der Waals surface area contributed by atoms with Crippen molar-refractivity contribution in [1.29, 1.82) is 0 Å². The molecule has 1 unspecified atom stereocenters. The van der Waals surface area contributed by atoms with Crippen LogP contribution in [0, 0.1) is 13.8 Å². The molecular formula is C13H25N3. The van der Waals surface area contributed by atoms with Crippen molar-refractivity contribution in [3.05, 3.63) is 17.7 Å². The summed E-state index contributed by atoms with van der Waals surface area (Å²) in [6.45, 7) is 12.0. The van der Waals surface area contributed by atoms with Crippen LogP contribution in [0.5, 0.6) is 0 Å². The summed E-state index contributed by atoms with van der Waals surface area (Å²) in [4.78, 5) is 4.34. The SMILES string of the molecule is Cc1ncn(C(C)CCCNC(C)C)c1C. The van der Waals surface area contributed by atoms with E-state index in [9.17, 15) is 0 Å². The maximum absolute atomic E-state index is 4.34. The number of rotatable bonds is 6. The predicted octanol–water partition coefficient (Wildman–Crippen LogP) is 2.84. The molecule has 16 heavy (non-hydrogen) atoms. The molecular weight excluding hydrogens is 198 g/mol. The minimum atomic E-state index is 0.551. The molecule has 3 heteroatoms. The quantitative estimate of drug-likeness (QED) is 0.752. The van der Waals surface area contributed by atoms with Crippen molar-refractivity contribution in [1.82, 2.24) is 14.9 Å². The fourth-order valence-electron chi connectivity index (χ4n) is 1.89. The fourth-order valence-corrected chi connectivity index (χ4v) is 1.89. The molecule has 0 saturated carbocycles. The van der Waals surface area contributed by atoms with E-state index in [4.69, 9.17) is 0 Å². The molecule has 0 aliphatic carbocycles. The maximum Gasteiger partial charge on any atom is 0.0953 e. The van der Waals surface area contributed by atoms with Crippen LogP contribution in [-0.2, 0) is 0 Å². The number of aromatic nitrogens is 2. The average Bonchev–Trinajstić information content (AvgIpc) is 2.54. The lowest BCUT2D eigenvalue weighted by atomic mass is 10.1. The van der Waals surface area contributed by atoms with Crippen molar-refractivity contribution in [3.63, 3.8) is 0 Å². The number of nitrogens with zero attached hydrogens (tertiary/aromatic N) is 2. The van der Waals surface area contributed by atoms with Gasteiger partial charge in [-0.25, -0.2) is 4.98 Å². The summed E-state index contributed by atoms with van der Waals surface area (Å²) in [7, 11) is 0. The summed E-state index contributed by atoms with van der Waals surface area (Å²) >= 11 is 0. The van der Waals surface area contributed by atoms with Crippen molar-refractivity contribution in [2.24, 2.45) is 0 Å². The van der Waals surface area contributed by atoms with E-state index < -0.39 is 0 Å². The van der Waals surface area contributed by atoms with Gasteiger partial charge in [0, 0.05) is 17.8 Å². The first-order chi connectivity index (χ1) is 7.52. The lowest BCUT2D eigenvalue weighted by molar-refractivity contribution is 0.458. The zero-order valence-corrected chi connectivity index (χ0v) is 11.2. The molecule has 0 aliphatic rings. The van der Waals surface area contributed by atoms with Crippen LogP contribution < -0.4 is 5.32 Å². The van der Waals surface area contributed by atoms with Gasteiger partial charge in [-0.2, -0.15) is 0 Å². The van der Waals surface area contributed by atoms with Crippen LogP contribution in [0.3, 0.4) is 0 Å². The Morgan fingerprint density at radius 2 is 2.00 bits per heavy atom. The Hall–Kier alpha value is -0.830. The highest BCUT2D eigenvalue weighted by molar-refractivity contribution is 5.09. The van der Waals surface area contributed by atoms with E-state index in [-0.39, 0.29) is 0 Å². The third-order valence-electron chi connectivity index (χ3n) is 3.11. The second kappa shape index (κ2) is 6.04. The first kappa shape index (κ1) is 13.2. The molecule has 3 nitrogen and oxygen atoms in total. The standard InChI is InChI=1S/C13H25N3/c1-10(2)14-8-6-7-11(3)16-9-15-12(4)13(16)5/h9-11,14H,6-8H2,1-5H3. The Bertz CT molecular complexity index is 315. The highest BCUT2D eigenvalue weighted by Gasteiger charge is 2.08. The zero-order chi connectivity index (χ0) is 12.1. The molecule has 0 saturated heterocycles. The predicted molar refractivity (Wildman–Crippen MR) is 68.8 cm³/mol. The molecule has 0 fully saturated rings. The molecule has 0 amide bonds. The van der Waals surface area contributed by atoms with Crippen molar-refractivity contribution in [2.75, 3.05) is 6.54 Å². The summed E-state index contributed by atoms with van der Waals surface area (Å²) in [5.74, 6) is 0. The molecule has 0 aromatic carbocycles. The lowest BCUT2D eigenvalue weighted by Crippen LogP contribution is -2.24. The van der Waals surface area contributed by atoms with Crippen molar-refractivity contribution < 1.29 is 0 Å². The minimum absolute atomic E-state index is 0.551. The van der Waals surface area contributed by atoms with Crippen LogP contribution in [0.15, 0.2) is 6.33 Å². The van der Waals surface area contributed by atoms with Gasteiger partial charge in [-0.3, -0.25) is 0 Å². The Balaban J connectivity index is 2.35. The first-order valence-corrected chi connectivity index (χ1v) is 6.25. The van der Waals surface area contributed by atoms with Crippen LogP contribution in [-0.4, -0.2) is 22.1 Å². The van der Waals surface area contributed by atoms with Gasteiger partial charge in [-0.15, -0.1) is 0 Å². The molecule has 0 aliphatic heterocycles. The van der Waals surface area contributed by atoms with E-state index in [1.54, 1.807) is 0 Å². The van der Waals surface area contributed by atoms with Gasteiger partial charge in [0.15, 0.2) is 0 Å². The van der Waals surface area contributed by atoms with Crippen LogP contribution >= 0.6 is 0 Å². The van der Waals surface area contributed by atoms with E-state index in [0.29, 0.717) is 12.1 Å². The van der Waals surface area contributed by atoms with E-state index >= 15 is 0 Å². The van der Waals surface area contributed by atoms with Crippen LogP contribution in [0.4, 0.5) is 0 Å². The van der Waals surface area contributed by atoms with E-state index in [0.717, 1.165) is 12.2 Å². The van der Waals surface area contributed by atoms with Gasteiger partial charge >= 0.3 is 0 Å². The van der Waals surface area contributed by atoms with Gasteiger partial charge in [-0.1, -0.05) is 13.8 Å². The molecule has 1 rings (SSSR count). The normalized spacial score (nSPS) is 13.4. The molecule has 0 bridgehead atoms. The van der Waals surface area contributed by atoms with E-state index in [1.165, 1.54) is 18.5 Å². The Morgan fingerprint density at radius 3 is 2.50 bits per heavy atom. The average molecular weight is 223 g/mol. The highest BCUT2D eigenvalue weighted by Crippen LogP contribution is 2.16. The maximum atomic E-state index is 4.34. The minimum Gasteiger partial charge on any atom is -0.332 e. The van der Waals surface area contributed by atoms with Crippen molar-refractivity contribution in [3.8, 4) is 0 Å². The van der Waals surface area contributed by atoms with Gasteiger partial charge in [0.1, 0.15) is 0 Å². The third-order valence-corrected chi connectivity index (χ3v) is 3.11. The van der Waals surface area contributed by atoms with Gasteiger partial charge in [-0.05, 0) is 40.2 Å². The fraction of sp³-hybridized carbons (Fsp3) is 0.769. The summed E-state index contributed by atoms with van der Waals surface area (Å²) in [5, 5.41) is 3.45. The number of imidazole rings is 1. The van der Waals surface area contributed by atoms with Gasteiger partial charge in [0.25, 0.3) is 0 Å². The number of hydrogen-bond acceptors (Lipinski definition) is 2. The molecule has 1 N–H and O–H groups in total. The summed E-state index contributed by atoms with van der Waals surface area (Å²) in [6, 6.07) is 1.14. The molecule has 92 valence electrons. The summed E-state index contributed by atoms with van der Waals surface area (Å²) in [5.41, 5.74) is 2.44. The van der Waals surface area contributed by atoms with Crippen LogP contribution in [0.2, 0.25) is 0 Å². The molecule has 1 aromatic rings. The van der Waals surface area contributed by atoms with Gasteiger partial charge in [0.2, 0.25) is 0 Å². The van der Waals surface area contributed by atoms with E-state index in [2.05, 4.69) is 49.5 Å². The number of hydrogen-bond donors (Lipinski definition) is 1. The van der Waals surface area contributed by atoms with E-state index in [1.807, 2.05) is 6.33 Å². The number of aryl methyl sites for hydroxylation is 1. The second-order valence-corrected chi connectivity index (χ2v) is 4.92. The lowest BCUT2D eigenvalue weighted by Gasteiger charge is -2.16. The Morgan fingerprint density at radius 1 is 1.31 bits per heavy atom. The number of nitrogens with one attached hydrogen (secondary N) is 1.